The lowest BCUT2D eigenvalue weighted by Gasteiger charge is -2.43. The standard InChI is InChI=1S/C25H37FN4/c1-4-25(16-14-24(2,3)15-17-25)13-7-5-6-8-19-9-11-20(12-10-19)29-23-28-18-21(26)22(27)30-23/h9-12,18H,4-8,13-17H2,1-3H3,(H3,27,28,29,30). The summed E-state index contributed by atoms with van der Waals surface area (Å²) in [6.45, 7) is 7.24. The normalized spacial score (nSPS) is 17.6. The van der Waals surface area contributed by atoms with Crippen LogP contribution in [0.2, 0.25) is 0 Å². The van der Waals surface area contributed by atoms with Gasteiger partial charge < -0.3 is 11.1 Å². The molecule has 5 heteroatoms. The maximum Gasteiger partial charge on any atom is 0.229 e. The van der Waals surface area contributed by atoms with Gasteiger partial charge in [-0.2, -0.15) is 4.98 Å². The van der Waals surface area contributed by atoms with Gasteiger partial charge in [-0.25, -0.2) is 9.37 Å². The highest BCUT2D eigenvalue weighted by atomic mass is 19.1. The number of unbranched alkanes of at least 4 members (excludes halogenated alkanes) is 2. The van der Waals surface area contributed by atoms with E-state index in [1.54, 1.807) is 0 Å². The van der Waals surface area contributed by atoms with Crippen molar-refractivity contribution in [2.24, 2.45) is 10.8 Å². The predicted octanol–water partition coefficient (Wildman–Crippen LogP) is 7.04. The Morgan fingerprint density at radius 2 is 1.73 bits per heavy atom. The summed E-state index contributed by atoms with van der Waals surface area (Å²) in [5.74, 6) is -0.448. The minimum atomic E-state index is -0.604. The zero-order valence-electron chi connectivity index (χ0n) is 18.8. The van der Waals surface area contributed by atoms with Crippen LogP contribution in [0.15, 0.2) is 30.5 Å². The smallest absolute Gasteiger partial charge is 0.229 e. The molecule has 0 amide bonds. The maximum absolute atomic E-state index is 13.2. The Hall–Kier alpha value is -2.17. The Morgan fingerprint density at radius 3 is 2.37 bits per heavy atom. The Bertz CT molecular complexity index is 806. The van der Waals surface area contributed by atoms with Crippen molar-refractivity contribution >= 4 is 17.5 Å². The van der Waals surface area contributed by atoms with Crippen molar-refractivity contribution < 1.29 is 4.39 Å². The molecule has 0 bridgehead atoms. The van der Waals surface area contributed by atoms with Gasteiger partial charge in [0.15, 0.2) is 11.6 Å². The van der Waals surface area contributed by atoms with Crippen LogP contribution in [0, 0.1) is 16.6 Å². The van der Waals surface area contributed by atoms with Crippen LogP contribution in [0.25, 0.3) is 0 Å². The number of hydrogen-bond donors (Lipinski definition) is 2. The summed E-state index contributed by atoms with van der Waals surface area (Å²) in [6.07, 6.45) is 14.4. The number of nitrogens with one attached hydrogen (secondary N) is 1. The number of nitrogens with two attached hydrogens (primary N) is 1. The van der Waals surface area contributed by atoms with Crippen molar-refractivity contribution in [3.8, 4) is 0 Å². The van der Waals surface area contributed by atoms with Crippen molar-refractivity contribution in [1.29, 1.82) is 0 Å². The van der Waals surface area contributed by atoms with Crippen LogP contribution >= 0.6 is 0 Å². The molecule has 0 radical (unpaired) electrons. The molecule has 0 aliphatic heterocycles. The highest BCUT2D eigenvalue weighted by Gasteiger charge is 2.36. The van der Waals surface area contributed by atoms with Gasteiger partial charge in [0, 0.05) is 5.69 Å². The first-order valence-corrected chi connectivity index (χ1v) is 11.4. The first-order chi connectivity index (χ1) is 14.3. The molecule has 4 nitrogen and oxygen atoms in total. The lowest BCUT2D eigenvalue weighted by Crippen LogP contribution is -2.30. The first kappa shape index (κ1) is 22.5. The molecule has 1 aromatic carbocycles. The molecular weight excluding hydrogens is 375 g/mol. The van der Waals surface area contributed by atoms with Gasteiger partial charge in [-0.1, -0.05) is 52.2 Å². The van der Waals surface area contributed by atoms with E-state index in [1.165, 1.54) is 63.4 Å². The largest absolute Gasteiger partial charge is 0.381 e. The average molecular weight is 413 g/mol. The van der Waals surface area contributed by atoms with E-state index in [0.717, 1.165) is 18.3 Å². The van der Waals surface area contributed by atoms with Gasteiger partial charge in [-0.05, 0) is 73.5 Å². The third-order valence-electron chi connectivity index (χ3n) is 7.07. The van der Waals surface area contributed by atoms with Crippen LogP contribution in [0.1, 0.15) is 84.1 Å². The average Bonchev–Trinajstić information content (AvgIpc) is 2.73. The molecule has 0 spiro atoms. The molecule has 164 valence electrons. The summed E-state index contributed by atoms with van der Waals surface area (Å²) in [5, 5.41) is 3.06. The van der Waals surface area contributed by atoms with Crippen LogP contribution in [0.4, 0.5) is 21.8 Å². The molecule has 0 unspecified atom stereocenters. The van der Waals surface area contributed by atoms with E-state index < -0.39 is 5.82 Å². The van der Waals surface area contributed by atoms with Crippen LogP contribution in [0.3, 0.4) is 0 Å². The van der Waals surface area contributed by atoms with E-state index in [4.69, 9.17) is 5.73 Å². The number of nitrogen functional groups attached to an aromatic ring is 1. The third kappa shape index (κ3) is 6.16. The van der Waals surface area contributed by atoms with Crippen molar-refractivity contribution in [3.63, 3.8) is 0 Å². The minimum Gasteiger partial charge on any atom is -0.381 e. The molecule has 3 rings (SSSR count). The summed E-state index contributed by atoms with van der Waals surface area (Å²) in [5.41, 5.74) is 8.85. The Kier molecular flexibility index (Phi) is 7.32. The predicted molar refractivity (Wildman–Crippen MR) is 123 cm³/mol. The zero-order valence-corrected chi connectivity index (χ0v) is 18.8. The third-order valence-corrected chi connectivity index (χ3v) is 7.07. The van der Waals surface area contributed by atoms with E-state index in [9.17, 15) is 4.39 Å². The quantitative estimate of drug-likeness (QED) is 0.433. The van der Waals surface area contributed by atoms with Crippen LogP contribution in [0.5, 0.6) is 0 Å². The molecular formula is C25H37FN4. The Morgan fingerprint density at radius 1 is 1.03 bits per heavy atom. The molecule has 0 atom stereocenters. The van der Waals surface area contributed by atoms with Crippen molar-refractivity contribution in [1.82, 2.24) is 9.97 Å². The van der Waals surface area contributed by atoms with Crippen LogP contribution < -0.4 is 11.1 Å². The number of nitrogens with zero attached hydrogens (tertiary/aromatic N) is 2. The topological polar surface area (TPSA) is 63.8 Å². The van der Waals surface area contributed by atoms with E-state index >= 15 is 0 Å². The fourth-order valence-corrected chi connectivity index (χ4v) is 4.57. The van der Waals surface area contributed by atoms with E-state index in [0.29, 0.717) is 16.8 Å². The number of aryl methyl sites for hydroxylation is 1. The minimum absolute atomic E-state index is 0.147. The highest BCUT2D eigenvalue weighted by molar-refractivity contribution is 5.54. The Balaban J connectivity index is 1.39. The number of anilines is 3. The molecule has 1 aliphatic rings. The van der Waals surface area contributed by atoms with Gasteiger partial charge in [0.05, 0.1) is 6.20 Å². The SMILES string of the molecule is CCC1(CCCCCc2ccc(Nc3ncc(F)c(N)n3)cc2)CCC(C)(C)CC1. The zero-order chi connectivity index (χ0) is 21.6. The number of benzene rings is 1. The van der Waals surface area contributed by atoms with E-state index in [2.05, 4.69) is 48.2 Å². The highest BCUT2D eigenvalue weighted by Crippen LogP contribution is 2.49. The van der Waals surface area contributed by atoms with Gasteiger partial charge in [-0.3, -0.25) is 0 Å². The van der Waals surface area contributed by atoms with E-state index in [-0.39, 0.29) is 5.82 Å². The molecule has 1 saturated carbocycles. The second-order valence-electron chi connectivity index (χ2n) is 9.83. The molecule has 1 heterocycles. The van der Waals surface area contributed by atoms with Gasteiger partial charge in [0.25, 0.3) is 0 Å². The summed E-state index contributed by atoms with van der Waals surface area (Å²) in [7, 11) is 0. The molecule has 2 aromatic rings. The van der Waals surface area contributed by atoms with Crippen LogP contribution in [-0.4, -0.2) is 9.97 Å². The second-order valence-corrected chi connectivity index (χ2v) is 9.83. The molecule has 1 fully saturated rings. The van der Waals surface area contributed by atoms with Gasteiger partial charge in [-0.15, -0.1) is 0 Å². The fourth-order valence-electron chi connectivity index (χ4n) is 4.57. The first-order valence-electron chi connectivity index (χ1n) is 11.4. The molecule has 30 heavy (non-hydrogen) atoms. The molecule has 1 aromatic heterocycles. The Labute approximate surface area is 180 Å². The molecule has 1 aliphatic carbocycles. The summed E-state index contributed by atoms with van der Waals surface area (Å²) >= 11 is 0. The fraction of sp³-hybridized carbons (Fsp3) is 0.600. The number of rotatable bonds is 9. The summed E-state index contributed by atoms with van der Waals surface area (Å²) in [4.78, 5) is 7.81. The molecule has 0 saturated heterocycles. The number of aromatic nitrogens is 2. The summed E-state index contributed by atoms with van der Waals surface area (Å²) in [6, 6.07) is 8.28. The van der Waals surface area contributed by atoms with Crippen LogP contribution in [-0.2, 0) is 6.42 Å². The van der Waals surface area contributed by atoms with Gasteiger partial charge in [0.2, 0.25) is 5.95 Å². The van der Waals surface area contributed by atoms with Crippen molar-refractivity contribution in [3.05, 3.63) is 41.8 Å². The van der Waals surface area contributed by atoms with Crippen molar-refractivity contribution in [2.45, 2.75) is 85.0 Å². The monoisotopic (exact) mass is 412 g/mol. The lowest BCUT2D eigenvalue weighted by atomic mass is 9.62. The van der Waals surface area contributed by atoms with Gasteiger partial charge >= 0.3 is 0 Å². The molecule has 3 N–H and O–H groups in total. The van der Waals surface area contributed by atoms with Crippen molar-refractivity contribution in [2.75, 3.05) is 11.1 Å². The maximum atomic E-state index is 13.2. The number of hydrogen-bond acceptors (Lipinski definition) is 4. The van der Waals surface area contributed by atoms with E-state index in [1.807, 2.05) is 12.1 Å². The van der Waals surface area contributed by atoms with Gasteiger partial charge in [0.1, 0.15) is 0 Å². The lowest BCUT2D eigenvalue weighted by molar-refractivity contribution is 0.0855. The second kappa shape index (κ2) is 9.76. The summed E-state index contributed by atoms with van der Waals surface area (Å²) < 4.78 is 13.2. The number of halogens is 1.